The number of carbonyl (C=O) groups excluding carboxylic acids is 3. The summed E-state index contributed by atoms with van der Waals surface area (Å²) in [6.45, 7) is 0.946. The van der Waals surface area contributed by atoms with E-state index in [1.807, 2.05) is 0 Å². The normalized spacial score (nSPS) is 11.6. The van der Waals surface area contributed by atoms with Crippen LogP contribution in [0.2, 0.25) is 0 Å². The summed E-state index contributed by atoms with van der Waals surface area (Å²) in [5, 5.41) is 2.57. The SMILES string of the molecule is COc1cccc(CC(=O)OCC(=O)Nc2cc3c(cc2C(C)=O)OCO3)c1. The number of benzene rings is 2. The lowest BCUT2D eigenvalue weighted by Crippen LogP contribution is -2.22. The van der Waals surface area contributed by atoms with E-state index < -0.39 is 18.5 Å². The number of anilines is 1. The summed E-state index contributed by atoms with van der Waals surface area (Å²) in [4.78, 5) is 35.9. The van der Waals surface area contributed by atoms with E-state index in [9.17, 15) is 14.4 Å². The molecule has 0 bridgehead atoms. The van der Waals surface area contributed by atoms with Crippen LogP contribution in [0.25, 0.3) is 0 Å². The van der Waals surface area contributed by atoms with Gasteiger partial charge in [0, 0.05) is 11.6 Å². The Balaban J connectivity index is 1.58. The van der Waals surface area contributed by atoms with Crippen LogP contribution >= 0.6 is 0 Å². The quantitative estimate of drug-likeness (QED) is 0.577. The van der Waals surface area contributed by atoms with Gasteiger partial charge >= 0.3 is 5.97 Å². The molecule has 2 aromatic carbocycles. The number of esters is 1. The van der Waals surface area contributed by atoms with Gasteiger partial charge in [-0.15, -0.1) is 0 Å². The molecule has 0 unspecified atom stereocenters. The standard InChI is InChI=1S/C20H19NO7/c1-12(22)15-8-17-18(28-11-27-17)9-16(15)21-19(23)10-26-20(24)7-13-4-3-5-14(6-13)25-2/h3-6,8-9H,7,10-11H2,1-2H3,(H,21,23). The molecule has 1 aliphatic rings. The third kappa shape index (κ3) is 4.59. The molecule has 1 N–H and O–H groups in total. The van der Waals surface area contributed by atoms with Gasteiger partial charge < -0.3 is 24.3 Å². The number of ether oxygens (including phenoxy) is 4. The summed E-state index contributed by atoms with van der Waals surface area (Å²) in [6, 6.07) is 10.0. The summed E-state index contributed by atoms with van der Waals surface area (Å²) < 4.78 is 20.6. The topological polar surface area (TPSA) is 100 Å². The Morgan fingerprint density at radius 2 is 1.86 bits per heavy atom. The number of ketones is 1. The third-order valence-corrected chi connectivity index (χ3v) is 4.01. The molecule has 0 fully saturated rings. The summed E-state index contributed by atoms with van der Waals surface area (Å²) >= 11 is 0. The minimum absolute atomic E-state index is 0.00714. The molecule has 28 heavy (non-hydrogen) atoms. The average molecular weight is 385 g/mol. The predicted octanol–water partition coefficient (Wildman–Crippen LogP) is 2.35. The maximum atomic E-state index is 12.2. The van der Waals surface area contributed by atoms with Gasteiger partial charge in [0.25, 0.3) is 5.91 Å². The van der Waals surface area contributed by atoms with Crippen LogP contribution < -0.4 is 19.5 Å². The van der Waals surface area contributed by atoms with Gasteiger partial charge in [0.2, 0.25) is 6.79 Å². The molecule has 146 valence electrons. The monoisotopic (exact) mass is 385 g/mol. The van der Waals surface area contributed by atoms with Crippen molar-refractivity contribution in [3.05, 3.63) is 47.5 Å². The molecular formula is C20H19NO7. The van der Waals surface area contributed by atoms with Crippen molar-refractivity contribution in [3.8, 4) is 17.2 Å². The maximum Gasteiger partial charge on any atom is 0.310 e. The lowest BCUT2D eigenvalue weighted by atomic mass is 10.1. The highest BCUT2D eigenvalue weighted by atomic mass is 16.7. The van der Waals surface area contributed by atoms with Crippen LogP contribution in [0.15, 0.2) is 36.4 Å². The predicted molar refractivity (Wildman–Crippen MR) is 98.9 cm³/mol. The van der Waals surface area contributed by atoms with Crippen molar-refractivity contribution in [2.24, 2.45) is 0 Å². The number of fused-ring (bicyclic) bond motifs is 1. The minimum atomic E-state index is -0.569. The van der Waals surface area contributed by atoms with Gasteiger partial charge in [-0.05, 0) is 30.7 Å². The molecule has 8 heteroatoms. The molecule has 0 aromatic heterocycles. The fraction of sp³-hybridized carbons (Fsp3) is 0.250. The van der Waals surface area contributed by atoms with Gasteiger partial charge in [0.05, 0.1) is 19.2 Å². The van der Waals surface area contributed by atoms with Gasteiger partial charge in [-0.25, -0.2) is 0 Å². The highest BCUT2D eigenvalue weighted by Gasteiger charge is 2.20. The molecule has 0 atom stereocenters. The number of nitrogens with one attached hydrogen (secondary N) is 1. The molecule has 0 saturated heterocycles. The maximum absolute atomic E-state index is 12.2. The Morgan fingerprint density at radius 3 is 2.57 bits per heavy atom. The summed E-state index contributed by atoms with van der Waals surface area (Å²) in [7, 11) is 1.53. The zero-order valence-electron chi connectivity index (χ0n) is 15.4. The molecule has 8 nitrogen and oxygen atoms in total. The first-order chi connectivity index (χ1) is 13.5. The van der Waals surface area contributed by atoms with Crippen molar-refractivity contribution in [1.82, 2.24) is 0 Å². The molecule has 0 aliphatic carbocycles. The second-order valence-corrected chi connectivity index (χ2v) is 6.04. The Morgan fingerprint density at radius 1 is 1.11 bits per heavy atom. The van der Waals surface area contributed by atoms with Crippen molar-refractivity contribution in [1.29, 1.82) is 0 Å². The van der Waals surface area contributed by atoms with Crippen LogP contribution in [0.5, 0.6) is 17.2 Å². The third-order valence-electron chi connectivity index (χ3n) is 4.01. The number of hydrogen-bond donors (Lipinski definition) is 1. The first kappa shape index (κ1) is 19.2. The van der Waals surface area contributed by atoms with Crippen molar-refractivity contribution in [2.45, 2.75) is 13.3 Å². The average Bonchev–Trinajstić information content (AvgIpc) is 3.13. The first-order valence-electron chi connectivity index (χ1n) is 8.49. The van der Waals surface area contributed by atoms with Crippen molar-refractivity contribution in [2.75, 3.05) is 25.8 Å². The Kier molecular flexibility index (Phi) is 5.78. The second kappa shape index (κ2) is 8.43. The van der Waals surface area contributed by atoms with Crippen molar-refractivity contribution in [3.63, 3.8) is 0 Å². The zero-order chi connectivity index (χ0) is 20.1. The van der Waals surface area contributed by atoms with E-state index in [4.69, 9.17) is 18.9 Å². The van der Waals surface area contributed by atoms with Gasteiger partial charge in [0.15, 0.2) is 23.9 Å². The Hall–Kier alpha value is -3.55. The lowest BCUT2D eigenvalue weighted by Gasteiger charge is -2.11. The van der Waals surface area contributed by atoms with Crippen molar-refractivity contribution >= 4 is 23.3 Å². The molecule has 1 aliphatic heterocycles. The second-order valence-electron chi connectivity index (χ2n) is 6.04. The molecular weight excluding hydrogens is 366 g/mol. The number of amides is 1. The Bertz CT molecular complexity index is 923. The van der Waals surface area contributed by atoms with Crippen LogP contribution in [0.3, 0.4) is 0 Å². The van der Waals surface area contributed by atoms with Crippen LogP contribution in [0.1, 0.15) is 22.8 Å². The molecule has 1 heterocycles. The minimum Gasteiger partial charge on any atom is -0.497 e. The zero-order valence-corrected chi connectivity index (χ0v) is 15.4. The molecule has 1 amide bonds. The van der Waals surface area contributed by atoms with E-state index >= 15 is 0 Å². The number of hydrogen-bond acceptors (Lipinski definition) is 7. The van der Waals surface area contributed by atoms with E-state index in [1.54, 1.807) is 24.3 Å². The highest BCUT2D eigenvalue weighted by Crippen LogP contribution is 2.37. The van der Waals surface area contributed by atoms with Gasteiger partial charge in [-0.2, -0.15) is 0 Å². The highest BCUT2D eigenvalue weighted by molar-refractivity contribution is 6.05. The number of carbonyl (C=O) groups is 3. The van der Waals surface area contributed by atoms with Gasteiger partial charge in [0.1, 0.15) is 5.75 Å². The van der Waals surface area contributed by atoms with Crippen LogP contribution in [0, 0.1) is 0 Å². The fourth-order valence-corrected chi connectivity index (χ4v) is 2.67. The lowest BCUT2D eigenvalue weighted by molar-refractivity contribution is -0.146. The number of Topliss-reactive ketones (excluding diaryl/α,β-unsaturated/α-hetero) is 1. The number of methoxy groups -OCH3 is 1. The molecule has 0 radical (unpaired) electrons. The van der Waals surface area contributed by atoms with E-state index in [0.717, 1.165) is 0 Å². The number of rotatable bonds is 7. The van der Waals surface area contributed by atoms with Gasteiger partial charge in [-0.1, -0.05) is 12.1 Å². The van der Waals surface area contributed by atoms with E-state index in [-0.39, 0.29) is 30.2 Å². The van der Waals surface area contributed by atoms with Crippen LogP contribution in [-0.4, -0.2) is 38.2 Å². The van der Waals surface area contributed by atoms with Crippen LogP contribution in [-0.2, 0) is 20.7 Å². The van der Waals surface area contributed by atoms with Crippen molar-refractivity contribution < 1.29 is 33.3 Å². The fourth-order valence-electron chi connectivity index (χ4n) is 2.67. The van der Waals surface area contributed by atoms with Gasteiger partial charge in [-0.3, -0.25) is 14.4 Å². The Labute approximate surface area is 161 Å². The molecule has 2 aromatic rings. The van der Waals surface area contributed by atoms with E-state index in [0.29, 0.717) is 22.8 Å². The summed E-state index contributed by atoms with van der Waals surface area (Å²) in [5.74, 6) is 0.121. The molecule has 0 spiro atoms. The van der Waals surface area contributed by atoms with Crippen LogP contribution in [0.4, 0.5) is 5.69 Å². The molecule has 3 rings (SSSR count). The van der Waals surface area contributed by atoms with E-state index in [2.05, 4.69) is 5.32 Å². The first-order valence-corrected chi connectivity index (χ1v) is 8.49. The largest absolute Gasteiger partial charge is 0.497 e. The van der Waals surface area contributed by atoms with E-state index in [1.165, 1.54) is 26.2 Å². The smallest absolute Gasteiger partial charge is 0.310 e. The summed E-state index contributed by atoms with van der Waals surface area (Å²) in [5.41, 5.74) is 1.25. The summed E-state index contributed by atoms with van der Waals surface area (Å²) in [6.07, 6.45) is 0.00714. The molecule has 0 saturated carbocycles.